The van der Waals surface area contributed by atoms with E-state index in [1.807, 2.05) is 36.4 Å². The van der Waals surface area contributed by atoms with Crippen LogP contribution in [-0.2, 0) is 14.8 Å². The molecule has 33 heavy (non-hydrogen) atoms. The molecule has 0 unspecified atom stereocenters. The highest BCUT2D eigenvalue weighted by Crippen LogP contribution is 2.40. The van der Waals surface area contributed by atoms with E-state index in [2.05, 4.69) is 49.8 Å². The van der Waals surface area contributed by atoms with Crippen molar-refractivity contribution in [3.63, 3.8) is 0 Å². The minimum Gasteiger partial charge on any atom is -0.533 e. The number of hydrogen-bond acceptors (Lipinski definition) is 5. The zero-order valence-electron chi connectivity index (χ0n) is 19.5. The van der Waals surface area contributed by atoms with Crippen LogP contribution in [0.2, 0.25) is 5.04 Å². The molecule has 0 aliphatic rings. The summed E-state index contributed by atoms with van der Waals surface area (Å²) in [6, 6.07) is 24.8. The van der Waals surface area contributed by atoms with Gasteiger partial charge in [-0.1, -0.05) is 81.4 Å². The Balaban J connectivity index is 2.26. The fraction of sp³-hybridized carbons (Fsp3) is 0.240. The number of carbonyl (C=O) groups is 1. The average Bonchev–Trinajstić information content (AvgIpc) is 2.72. The Labute approximate surface area is 196 Å². The van der Waals surface area contributed by atoms with Crippen LogP contribution >= 0.6 is 0 Å². The Hall–Kier alpha value is -3.10. The van der Waals surface area contributed by atoms with Crippen LogP contribution in [-0.4, -0.2) is 29.0 Å². The summed E-state index contributed by atoms with van der Waals surface area (Å²) in [5.74, 6) is 0.0926. The summed E-state index contributed by atoms with van der Waals surface area (Å²) in [6.07, 6.45) is 1.07. The molecule has 8 heteroatoms. The molecule has 0 aliphatic carbocycles. The third-order valence-corrected chi connectivity index (χ3v) is 10.7. The van der Waals surface area contributed by atoms with Crippen molar-refractivity contribution in [1.82, 2.24) is 0 Å². The molecule has 3 aromatic rings. The van der Waals surface area contributed by atoms with E-state index < -0.39 is 24.3 Å². The Morgan fingerprint density at radius 3 is 1.82 bits per heavy atom. The second-order valence-corrected chi connectivity index (χ2v) is 14.9. The monoisotopic (exact) mass is 483 g/mol. The van der Waals surface area contributed by atoms with Crippen molar-refractivity contribution in [3.8, 4) is 11.5 Å². The van der Waals surface area contributed by atoms with Gasteiger partial charge in [0.2, 0.25) is 10.0 Å². The Kier molecular flexibility index (Phi) is 6.99. The maximum Gasteiger partial charge on any atom is 0.320 e. The number of sulfonamides is 1. The molecule has 6 nitrogen and oxygen atoms in total. The van der Waals surface area contributed by atoms with E-state index in [0.29, 0.717) is 5.75 Å². The number of hydrogen-bond donors (Lipinski definition) is 1. The molecule has 0 heterocycles. The molecule has 1 N–H and O–H groups in total. The van der Waals surface area contributed by atoms with Gasteiger partial charge in [0.1, 0.15) is 11.5 Å². The van der Waals surface area contributed by atoms with Gasteiger partial charge in [0.15, 0.2) is 0 Å². The van der Waals surface area contributed by atoms with E-state index in [1.54, 1.807) is 12.1 Å². The van der Waals surface area contributed by atoms with E-state index in [9.17, 15) is 13.2 Å². The largest absolute Gasteiger partial charge is 0.533 e. The first-order valence-corrected chi connectivity index (χ1v) is 14.3. The van der Waals surface area contributed by atoms with Crippen molar-refractivity contribution >= 4 is 40.4 Å². The third kappa shape index (κ3) is 5.64. The van der Waals surface area contributed by atoms with E-state index in [-0.39, 0.29) is 16.5 Å². The van der Waals surface area contributed by atoms with Crippen LogP contribution in [0.25, 0.3) is 0 Å². The predicted octanol–water partition coefficient (Wildman–Crippen LogP) is 3.92. The minimum atomic E-state index is -3.62. The maximum absolute atomic E-state index is 12.1. The average molecular weight is 484 g/mol. The lowest BCUT2D eigenvalue weighted by molar-refractivity contribution is -0.131. The van der Waals surface area contributed by atoms with Gasteiger partial charge < -0.3 is 9.16 Å². The van der Waals surface area contributed by atoms with Gasteiger partial charge in [0, 0.05) is 13.0 Å². The molecule has 3 aromatic carbocycles. The molecule has 174 valence electrons. The van der Waals surface area contributed by atoms with Crippen LogP contribution in [0.4, 0.5) is 5.69 Å². The lowest BCUT2D eigenvalue weighted by Crippen LogP contribution is -2.68. The van der Waals surface area contributed by atoms with Gasteiger partial charge in [-0.05, 0) is 27.5 Å². The first-order valence-electron chi connectivity index (χ1n) is 10.5. The first kappa shape index (κ1) is 24.5. The maximum atomic E-state index is 12.1. The van der Waals surface area contributed by atoms with Crippen molar-refractivity contribution < 1.29 is 22.4 Å². The summed E-state index contributed by atoms with van der Waals surface area (Å²) in [7, 11) is -6.61. The van der Waals surface area contributed by atoms with Gasteiger partial charge in [-0.25, -0.2) is 8.42 Å². The van der Waals surface area contributed by atoms with Gasteiger partial charge in [-0.15, -0.1) is 0 Å². The zero-order valence-corrected chi connectivity index (χ0v) is 21.3. The molecule has 0 aromatic heterocycles. The second kappa shape index (κ2) is 9.41. The molecule has 0 amide bonds. The highest BCUT2D eigenvalue weighted by Gasteiger charge is 2.52. The second-order valence-electron chi connectivity index (χ2n) is 8.89. The number of carbonyl (C=O) groups excluding carboxylic acids is 1. The van der Waals surface area contributed by atoms with Gasteiger partial charge in [0.25, 0.3) is 0 Å². The fourth-order valence-electron chi connectivity index (χ4n) is 3.92. The molecule has 0 spiro atoms. The molecule has 0 atom stereocenters. The number of anilines is 1. The van der Waals surface area contributed by atoms with E-state index in [1.165, 1.54) is 13.0 Å². The summed E-state index contributed by atoms with van der Waals surface area (Å²) in [5, 5.41) is 1.79. The first-order chi connectivity index (χ1) is 15.4. The Morgan fingerprint density at radius 1 is 0.879 bits per heavy atom. The van der Waals surface area contributed by atoms with Gasteiger partial charge >= 0.3 is 14.3 Å². The summed E-state index contributed by atoms with van der Waals surface area (Å²) in [6.45, 7) is 7.69. The molecular weight excluding hydrogens is 454 g/mol. The molecule has 0 fully saturated rings. The summed E-state index contributed by atoms with van der Waals surface area (Å²) in [4.78, 5) is 11.4. The zero-order chi connectivity index (χ0) is 24.3. The number of benzene rings is 3. The predicted molar refractivity (Wildman–Crippen MR) is 134 cm³/mol. The standard InChI is InChI=1S/C25H29NO5SSi/c1-19(27)30-20-16-17-24(23(18-20)26-32(5,28)29)31-33(25(2,3)4,21-12-8-6-9-13-21)22-14-10-7-11-15-22/h6-18,26H,1-5H3. The number of nitrogens with one attached hydrogen (secondary N) is 1. The summed E-state index contributed by atoms with van der Waals surface area (Å²) in [5.41, 5.74) is 0.212. The molecular formula is C25H29NO5SSi. The van der Waals surface area contributed by atoms with Gasteiger partial charge in [-0.2, -0.15) is 0 Å². The lowest BCUT2D eigenvalue weighted by atomic mass is 10.2. The van der Waals surface area contributed by atoms with Crippen molar-refractivity contribution in [3.05, 3.63) is 78.9 Å². The van der Waals surface area contributed by atoms with Crippen molar-refractivity contribution in [1.29, 1.82) is 0 Å². The molecule has 0 saturated carbocycles. The molecule has 0 aliphatic heterocycles. The Bertz CT molecular complexity index is 1180. The SMILES string of the molecule is CC(=O)Oc1ccc(O[Si](c2ccccc2)(c2ccccc2)C(C)(C)C)c(NS(C)(=O)=O)c1. The van der Waals surface area contributed by atoms with Crippen LogP contribution in [0.15, 0.2) is 78.9 Å². The number of rotatable bonds is 7. The number of esters is 1. The van der Waals surface area contributed by atoms with Crippen molar-refractivity contribution in [2.75, 3.05) is 11.0 Å². The summed E-state index contributed by atoms with van der Waals surface area (Å²) < 4.78 is 38.9. The fourth-order valence-corrected chi connectivity index (χ4v) is 8.92. The van der Waals surface area contributed by atoms with Crippen LogP contribution in [0, 0.1) is 0 Å². The highest BCUT2D eigenvalue weighted by atomic mass is 32.2. The highest BCUT2D eigenvalue weighted by molar-refractivity contribution is 7.92. The summed E-state index contributed by atoms with van der Waals surface area (Å²) >= 11 is 0. The van der Waals surface area contributed by atoms with Crippen LogP contribution in [0.1, 0.15) is 27.7 Å². The van der Waals surface area contributed by atoms with Crippen LogP contribution < -0.4 is 24.3 Å². The third-order valence-electron chi connectivity index (χ3n) is 5.19. The van der Waals surface area contributed by atoms with Crippen molar-refractivity contribution in [2.45, 2.75) is 32.7 Å². The van der Waals surface area contributed by atoms with Crippen LogP contribution in [0.3, 0.4) is 0 Å². The molecule has 0 bridgehead atoms. The lowest BCUT2D eigenvalue weighted by Gasteiger charge is -2.43. The minimum absolute atomic E-state index is 0.212. The normalized spacial score (nSPS) is 12.2. The van der Waals surface area contributed by atoms with Gasteiger partial charge in [0.05, 0.1) is 11.9 Å². The molecule has 3 rings (SSSR count). The Morgan fingerprint density at radius 2 is 1.39 bits per heavy atom. The quantitative estimate of drug-likeness (QED) is 0.313. The van der Waals surface area contributed by atoms with Crippen molar-refractivity contribution in [2.24, 2.45) is 0 Å². The topological polar surface area (TPSA) is 81.7 Å². The van der Waals surface area contributed by atoms with Crippen LogP contribution in [0.5, 0.6) is 11.5 Å². The molecule has 0 saturated heterocycles. The van der Waals surface area contributed by atoms with E-state index in [0.717, 1.165) is 16.6 Å². The number of ether oxygens (including phenoxy) is 1. The van der Waals surface area contributed by atoms with Gasteiger partial charge in [-0.3, -0.25) is 9.52 Å². The molecule has 0 radical (unpaired) electrons. The smallest absolute Gasteiger partial charge is 0.320 e. The van der Waals surface area contributed by atoms with E-state index in [4.69, 9.17) is 9.16 Å². The van der Waals surface area contributed by atoms with E-state index >= 15 is 0 Å².